The molecule has 0 aliphatic carbocycles. The number of unbranched alkanes of at least 4 members (excludes halogenated alkanes) is 20. The quantitative estimate of drug-likeness (QED) is 0.0325. The minimum absolute atomic E-state index is 0.205. The Morgan fingerprint density at radius 2 is 0.977 bits per heavy atom. The Bertz CT molecular complexity index is 721. The van der Waals surface area contributed by atoms with Gasteiger partial charge in [-0.15, -0.1) is 0 Å². The minimum atomic E-state index is -4.74. The van der Waals surface area contributed by atoms with E-state index in [2.05, 4.69) is 30.5 Å². The van der Waals surface area contributed by atoms with Crippen LogP contribution in [0.4, 0.5) is 0 Å². The lowest BCUT2D eigenvalue weighted by Gasteiger charge is -2.18. The van der Waals surface area contributed by atoms with Crippen LogP contribution in [0.25, 0.3) is 0 Å². The Labute approximate surface area is 263 Å². The van der Waals surface area contributed by atoms with Crippen LogP contribution in [0.5, 0.6) is 0 Å². The number of carbonyl (C=O) groups excluding carboxylic acids is 2. The number of rotatable bonds is 32. The lowest BCUT2D eigenvalue weighted by Crippen LogP contribution is -2.29. The zero-order chi connectivity index (χ0) is 31.9. The zero-order valence-corrected chi connectivity index (χ0v) is 28.5. The third kappa shape index (κ3) is 33.5. The molecule has 0 radical (unpaired) electrons. The average Bonchev–Trinajstić information content (AvgIpc) is 2.97. The van der Waals surface area contributed by atoms with Crippen molar-refractivity contribution in [3.63, 3.8) is 0 Å². The first kappa shape index (κ1) is 41.8. The van der Waals surface area contributed by atoms with Crippen LogP contribution in [-0.2, 0) is 28.2 Å². The van der Waals surface area contributed by atoms with E-state index in [0.717, 1.165) is 51.4 Å². The molecule has 0 saturated heterocycles. The van der Waals surface area contributed by atoms with Crippen LogP contribution < -0.4 is 0 Å². The monoisotopic (exact) mass is 632 g/mol. The topological polar surface area (TPSA) is 119 Å². The fraction of sp³-hybridized carbons (Fsp3) is 0.882. The molecule has 0 bridgehead atoms. The molecule has 43 heavy (non-hydrogen) atoms. The molecule has 0 aliphatic rings. The van der Waals surface area contributed by atoms with Gasteiger partial charge in [-0.3, -0.25) is 14.1 Å². The maximum atomic E-state index is 12.3. The number of hydrogen-bond donors (Lipinski definition) is 2. The van der Waals surface area contributed by atoms with Gasteiger partial charge in [0.15, 0.2) is 6.10 Å². The van der Waals surface area contributed by atoms with Crippen molar-refractivity contribution in [3.8, 4) is 0 Å². The summed E-state index contributed by atoms with van der Waals surface area (Å²) in [5.41, 5.74) is 0. The predicted molar refractivity (Wildman–Crippen MR) is 175 cm³/mol. The minimum Gasteiger partial charge on any atom is -0.462 e. The van der Waals surface area contributed by atoms with Crippen LogP contribution in [0.3, 0.4) is 0 Å². The van der Waals surface area contributed by atoms with E-state index < -0.39 is 32.5 Å². The van der Waals surface area contributed by atoms with Crippen LogP contribution >= 0.6 is 7.82 Å². The fourth-order valence-corrected chi connectivity index (χ4v) is 5.26. The van der Waals surface area contributed by atoms with Gasteiger partial charge in [0, 0.05) is 12.8 Å². The summed E-state index contributed by atoms with van der Waals surface area (Å²) in [7, 11) is -4.74. The first-order valence-corrected chi connectivity index (χ1v) is 19.0. The van der Waals surface area contributed by atoms with Gasteiger partial charge >= 0.3 is 19.8 Å². The molecule has 254 valence electrons. The molecule has 0 aromatic rings. The molecule has 0 spiro atoms. The van der Waals surface area contributed by atoms with Crippen LogP contribution in [0, 0.1) is 0 Å². The van der Waals surface area contributed by atoms with E-state index in [1.54, 1.807) is 0 Å². The van der Waals surface area contributed by atoms with Crippen LogP contribution in [-0.4, -0.2) is 41.0 Å². The number of carbonyl (C=O) groups is 2. The van der Waals surface area contributed by atoms with Crippen molar-refractivity contribution >= 4 is 19.8 Å². The molecule has 2 N–H and O–H groups in total. The maximum absolute atomic E-state index is 12.3. The summed E-state index contributed by atoms with van der Waals surface area (Å²) >= 11 is 0. The van der Waals surface area contributed by atoms with E-state index in [1.165, 1.54) is 89.9 Å². The Kier molecular flexibility index (Phi) is 29.9. The van der Waals surface area contributed by atoms with E-state index in [-0.39, 0.29) is 19.4 Å². The molecule has 0 rings (SSSR count). The van der Waals surface area contributed by atoms with Gasteiger partial charge in [-0.1, -0.05) is 135 Å². The highest BCUT2D eigenvalue weighted by Crippen LogP contribution is 2.36. The van der Waals surface area contributed by atoms with E-state index in [4.69, 9.17) is 19.3 Å². The number of allylic oxidation sites excluding steroid dienone is 2. The summed E-state index contributed by atoms with van der Waals surface area (Å²) in [6, 6.07) is 0. The normalized spacial score (nSPS) is 12.6. The molecule has 0 heterocycles. The maximum Gasteiger partial charge on any atom is 0.469 e. The van der Waals surface area contributed by atoms with Gasteiger partial charge < -0.3 is 19.3 Å². The molecule has 1 unspecified atom stereocenters. The molecular weight excluding hydrogens is 567 g/mol. The van der Waals surface area contributed by atoms with Gasteiger partial charge in [0.1, 0.15) is 6.61 Å². The highest BCUT2D eigenvalue weighted by atomic mass is 31.2. The Morgan fingerprint density at radius 3 is 1.42 bits per heavy atom. The van der Waals surface area contributed by atoms with Crippen molar-refractivity contribution in [1.82, 2.24) is 0 Å². The van der Waals surface area contributed by atoms with Gasteiger partial charge in [-0.05, 0) is 38.5 Å². The number of esters is 2. The lowest BCUT2D eigenvalue weighted by molar-refractivity contribution is -0.161. The average molecular weight is 633 g/mol. The van der Waals surface area contributed by atoms with E-state index in [0.29, 0.717) is 6.42 Å². The molecule has 1 atom stereocenters. The number of phosphoric acid groups is 1. The van der Waals surface area contributed by atoms with E-state index in [9.17, 15) is 14.2 Å². The molecule has 0 aromatic heterocycles. The second-order valence-electron chi connectivity index (χ2n) is 11.8. The Morgan fingerprint density at radius 1 is 0.581 bits per heavy atom. The summed E-state index contributed by atoms with van der Waals surface area (Å²) < 4.78 is 26.2. The first-order valence-electron chi connectivity index (χ1n) is 17.5. The van der Waals surface area contributed by atoms with Crippen molar-refractivity contribution in [2.24, 2.45) is 0 Å². The number of phosphoric ester groups is 1. The fourth-order valence-electron chi connectivity index (χ4n) is 4.90. The smallest absolute Gasteiger partial charge is 0.462 e. The van der Waals surface area contributed by atoms with Crippen molar-refractivity contribution in [2.45, 2.75) is 180 Å². The predicted octanol–water partition coefficient (Wildman–Crippen LogP) is 9.90. The summed E-state index contributed by atoms with van der Waals surface area (Å²) in [5, 5.41) is 0. The number of ether oxygens (including phenoxy) is 2. The molecule has 0 saturated carbocycles. The third-order valence-electron chi connectivity index (χ3n) is 7.53. The van der Waals surface area contributed by atoms with Gasteiger partial charge in [-0.25, -0.2) is 4.57 Å². The number of hydrogen-bond acceptors (Lipinski definition) is 6. The SMILES string of the molecule is CCCCCCC/C=C\CCCCCCCC(=O)OC(COC(=O)CCCCCCCCCCCCC)COP(=O)(O)O. The second kappa shape index (κ2) is 30.8. The highest BCUT2D eigenvalue weighted by Gasteiger charge is 2.22. The molecule has 0 aliphatic heterocycles. The molecule has 0 amide bonds. The van der Waals surface area contributed by atoms with Gasteiger partial charge in [0.05, 0.1) is 6.61 Å². The highest BCUT2D eigenvalue weighted by molar-refractivity contribution is 7.46. The Hall–Kier alpha value is -1.21. The van der Waals surface area contributed by atoms with Crippen molar-refractivity contribution < 1.29 is 37.9 Å². The summed E-state index contributed by atoms with van der Waals surface area (Å²) in [6.07, 6.45) is 30.7. The molecule has 8 nitrogen and oxygen atoms in total. The van der Waals surface area contributed by atoms with Crippen LogP contribution in [0.15, 0.2) is 12.2 Å². The van der Waals surface area contributed by atoms with Crippen molar-refractivity contribution in [2.75, 3.05) is 13.2 Å². The van der Waals surface area contributed by atoms with E-state index >= 15 is 0 Å². The summed E-state index contributed by atoms with van der Waals surface area (Å²) in [6.45, 7) is 3.64. The molecule has 0 aromatic carbocycles. The van der Waals surface area contributed by atoms with Gasteiger partial charge in [0.2, 0.25) is 0 Å². The van der Waals surface area contributed by atoms with Gasteiger partial charge in [-0.2, -0.15) is 0 Å². The van der Waals surface area contributed by atoms with Crippen molar-refractivity contribution in [3.05, 3.63) is 12.2 Å². The lowest BCUT2D eigenvalue weighted by atomic mass is 10.1. The second-order valence-corrected chi connectivity index (χ2v) is 13.1. The van der Waals surface area contributed by atoms with Crippen LogP contribution in [0.1, 0.15) is 174 Å². The Balaban J connectivity index is 4.00. The van der Waals surface area contributed by atoms with Gasteiger partial charge in [0.25, 0.3) is 0 Å². The first-order chi connectivity index (χ1) is 20.8. The zero-order valence-electron chi connectivity index (χ0n) is 27.6. The third-order valence-corrected chi connectivity index (χ3v) is 8.02. The molecular formula is C34H65O8P. The van der Waals surface area contributed by atoms with Crippen molar-refractivity contribution in [1.29, 1.82) is 0 Å². The molecule has 0 fully saturated rings. The largest absolute Gasteiger partial charge is 0.469 e. The van der Waals surface area contributed by atoms with Crippen LogP contribution in [0.2, 0.25) is 0 Å². The standard InChI is InChI=1S/C34H65O8P/c1-3-5-7-9-11-13-15-16-17-19-21-23-25-27-29-34(36)42-32(31-41-43(37,38)39)30-40-33(35)28-26-24-22-20-18-14-12-10-8-6-4-2/h15-16,32H,3-14,17-31H2,1-2H3,(H2,37,38,39)/b16-15-. The molecule has 9 heteroatoms. The summed E-state index contributed by atoms with van der Waals surface area (Å²) in [5.74, 6) is -0.891. The van der Waals surface area contributed by atoms with E-state index in [1.807, 2.05) is 0 Å². The summed E-state index contributed by atoms with van der Waals surface area (Å²) in [4.78, 5) is 42.5.